The highest BCUT2D eigenvalue weighted by atomic mass is 16.5. The number of amides is 1. The van der Waals surface area contributed by atoms with Gasteiger partial charge in [0.1, 0.15) is 11.5 Å². The number of hydrazone groups is 1. The van der Waals surface area contributed by atoms with E-state index in [2.05, 4.69) is 54.3 Å². The van der Waals surface area contributed by atoms with Gasteiger partial charge in [0.25, 0.3) is 5.91 Å². The molecule has 0 aliphatic carbocycles. The van der Waals surface area contributed by atoms with Crippen LogP contribution in [0.4, 0.5) is 0 Å². The van der Waals surface area contributed by atoms with E-state index in [1.54, 1.807) is 19.2 Å². The quantitative estimate of drug-likeness (QED) is 0.393. The number of carbonyl (C=O) groups excluding carboxylic acids is 1. The molecule has 0 N–H and O–H groups in total. The van der Waals surface area contributed by atoms with E-state index in [4.69, 9.17) is 14.6 Å². The first-order chi connectivity index (χ1) is 18.6. The number of nitrogens with zero attached hydrogens (tertiary/aromatic N) is 3. The Morgan fingerprint density at radius 3 is 2.39 bits per heavy atom. The van der Waals surface area contributed by atoms with Crippen molar-refractivity contribution in [3.05, 3.63) is 95.1 Å². The number of carbonyl (C=O) groups is 1. The summed E-state index contributed by atoms with van der Waals surface area (Å²) in [4.78, 5) is 16.0. The molecule has 3 aromatic rings. The van der Waals surface area contributed by atoms with Crippen LogP contribution in [-0.2, 0) is 11.2 Å². The van der Waals surface area contributed by atoms with Crippen LogP contribution >= 0.6 is 0 Å². The Kier molecular flexibility index (Phi) is 8.08. The van der Waals surface area contributed by atoms with Crippen LogP contribution in [0, 0.1) is 12.8 Å². The Bertz CT molecular complexity index is 1280. The normalized spacial score (nSPS) is 18.3. The molecule has 3 aromatic carbocycles. The van der Waals surface area contributed by atoms with Crippen LogP contribution in [0.1, 0.15) is 47.6 Å². The number of piperidine rings is 1. The summed E-state index contributed by atoms with van der Waals surface area (Å²) >= 11 is 0. The van der Waals surface area contributed by atoms with Crippen LogP contribution in [0.5, 0.6) is 11.5 Å². The molecule has 2 aliphatic heterocycles. The summed E-state index contributed by atoms with van der Waals surface area (Å²) in [5.74, 6) is 2.13. The number of methoxy groups -OCH3 is 2. The second-order valence-electron chi connectivity index (χ2n) is 10.3. The van der Waals surface area contributed by atoms with E-state index in [9.17, 15) is 4.79 Å². The van der Waals surface area contributed by atoms with Gasteiger partial charge in [-0.3, -0.25) is 9.69 Å². The predicted octanol–water partition coefficient (Wildman–Crippen LogP) is 5.64. The van der Waals surface area contributed by atoms with Crippen molar-refractivity contribution < 1.29 is 14.3 Å². The van der Waals surface area contributed by atoms with E-state index in [1.165, 1.54) is 5.56 Å². The third kappa shape index (κ3) is 5.76. The van der Waals surface area contributed by atoms with Crippen molar-refractivity contribution in [2.24, 2.45) is 11.0 Å². The highest BCUT2D eigenvalue weighted by Crippen LogP contribution is 2.37. The molecule has 1 atom stereocenters. The zero-order valence-electron chi connectivity index (χ0n) is 22.6. The average molecular weight is 512 g/mol. The van der Waals surface area contributed by atoms with Crippen LogP contribution in [0.25, 0.3) is 0 Å². The summed E-state index contributed by atoms with van der Waals surface area (Å²) in [5.41, 5.74) is 5.44. The number of benzene rings is 3. The molecule has 0 spiro atoms. The van der Waals surface area contributed by atoms with Gasteiger partial charge in [-0.05, 0) is 74.0 Å². The second kappa shape index (κ2) is 11.8. The lowest BCUT2D eigenvalue weighted by atomic mass is 9.90. The van der Waals surface area contributed by atoms with Gasteiger partial charge in [-0.15, -0.1) is 0 Å². The molecular formula is C32H37N3O3. The molecule has 0 unspecified atom stereocenters. The Morgan fingerprint density at radius 1 is 0.947 bits per heavy atom. The van der Waals surface area contributed by atoms with E-state index in [0.29, 0.717) is 24.6 Å². The minimum Gasteiger partial charge on any atom is -0.497 e. The van der Waals surface area contributed by atoms with E-state index in [-0.39, 0.29) is 11.9 Å². The summed E-state index contributed by atoms with van der Waals surface area (Å²) in [7, 11) is 3.29. The van der Waals surface area contributed by atoms with Crippen molar-refractivity contribution in [3.63, 3.8) is 0 Å². The molecule has 6 heteroatoms. The summed E-state index contributed by atoms with van der Waals surface area (Å²) in [6.07, 6.45) is 3.97. The molecule has 0 bridgehead atoms. The van der Waals surface area contributed by atoms with Gasteiger partial charge in [-0.1, -0.05) is 54.6 Å². The van der Waals surface area contributed by atoms with Gasteiger partial charge in [-0.2, -0.15) is 5.10 Å². The Hall–Kier alpha value is -3.64. The first-order valence-electron chi connectivity index (χ1n) is 13.5. The van der Waals surface area contributed by atoms with Gasteiger partial charge in [0, 0.05) is 18.1 Å². The molecule has 6 nitrogen and oxygen atoms in total. The Labute approximate surface area is 225 Å². The molecule has 38 heavy (non-hydrogen) atoms. The molecule has 198 valence electrons. The molecule has 1 saturated heterocycles. The lowest BCUT2D eigenvalue weighted by Gasteiger charge is -2.33. The minimum atomic E-state index is -0.138. The van der Waals surface area contributed by atoms with E-state index in [1.807, 2.05) is 30.3 Å². The molecule has 2 heterocycles. The van der Waals surface area contributed by atoms with Gasteiger partial charge in [-0.25, -0.2) is 5.01 Å². The van der Waals surface area contributed by atoms with Crippen LogP contribution in [-0.4, -0.2) is 55.4 Å². The van der Waals surface area contributed by atoms with Crippen molar-refractivity contribution in [1.82, 2.24) is 9.91 Å². The van der Waals surface area contributed by atoms with Crippen LogP contribution in [0.3, 0.4) is 0 Å². The van der Waals surface area contributed by atoms with Crippen LogP contribution in [0.15, 0.2) is 77.9 Å². The summed E-state index contributed by atoms with van der Waals surface area (Å²) in [5, 5.41) is 6.63. The maximum absolute atomic E-state index is 13.7. The number of likely N-dealkylation sites (tertiary alicyclic amines) is 1. The van der Waals surface area contributed by atoms with Crippen LogP contribution < -0.4 is 9.47 Å². The van der Waals surface area contributed by atoms with Gasteiger partial charge in [0.05, 0.1) is 32.5 Å². The molecule has 0 radical (unpaired) electrons. The van der Waals surface area contributed by atoms with Crippen molar-refractivity contribution in [1.29, 1.82) is 0 Å². The fourth-order valence-corrected chi connectivity index (χ4v) is 5.70. The lowest BCUT2D eigenvalue weighted by molar-refractivity contribution is -0.134. The van der Waals surface area contributed by atoms with Gasteiger partial charge < -0.3 is 9.47 Å². The van der Waals surface area contributed by atoms with E-state index in [0.717, 1.165) is 60.5 Å². The van der Waals surface area contributed by atoms with Crippen LogP contribution in [0.2, 0.25) is 0 Å². The Morgan fingerprint density at radius 2 is 1.68 bits per heavy atom. The molecule has 0 saturated carbocycles. The highest BCUT2D eigenvalue weighted by molar-refractivity contribution is 6.05. The monoisotopic (exact) mass is 511 g/mol. The molecule has 2 aliphatic rings. The Balaban J connectivity index is 1.32. The smallest absolute Gasteiger partial charge is 0.257 e. The fraction of sp³-hybridized carbons (Fsp3) is 0.375. The largest absolute Gasteiger partial charge is 0.497 e. The molecule has 1 fully saturated rings. The SMILES string of the molecule is COc1ccc(C2=NN(C(=O)CN3CCC(Cc4ccccc4)CC3)[C@@H](c3ccccc3C)C2)c(OC)c1. The highest BCUT2D eigenvalue weighted by Gasteiger charge is 2.35. The topological polar surface area (TPSA) is 54.4 Å². The van der Waals surface area contributed by atoms with E-state index < -0.39 is 0 Å². The standard InChI is InChI=1S/C32H37N3O3/c1-23-9-7-8-12-27(23)30-21-29(28-14-13-26(37-2)20-31(28)38-3)33-35(30)32(36)22-34-17-15-25(16-18-34)19-24-10-5-4-6-11-24/h4-14,20,25,30H,15-19,21-22H2,1-3H3/t30-/m1/s1. The second-order valence-corrected chi connectivity index (χ2v) is 10.3. The minimum absolute atomic E-state index is 0.0437. The maximum atomic E-state index is 13.7. The first kappa shape index (κ1) is 26.0. The number of hydrogen-bond acceptors (Lipinski definition) is 5. The number of rotatable bonds is 8. The van der Waals surface area contributed by atoms with Crippen molar-refractivity contribution in [3.8, 4) is 11.5 Å². The maximum Gasteiger partial charge on any atom is 0.257 e. The zero-order chi connectivity index (χ0) is 26.5. The number of aryl methyl sites for hydroxylation is 1. The first-order valence-corrected chi connectivity index (χ1v) is 13.5. The molecule has 1 amide bonds. The molecule has 0 aromatic heterocycles. The molecular weight excluding hydrogens is 474 g/mol. The van der Waals surface area contributed by atoms with Gasteiger partial charge in [0.15, 0.2) is 0 Å². The summed E-state index contributed by atoms with van der Waals surface area (Å²) < 4.78 is 11.0. The van der Waals surface area contributed by atoms with Gasteiger partial charge in [0.2, 0.25) is 0 Å². The summed E-state index contributed by atoms with van der Waals surface area (Å²) in [6, 6.07) is 24.6. The van der Waals surface area contributed by atoms with Gasteiger partial charge >= 0.3 is 0 Å². The van der Waals surface area contributed by atoms with Crippen molar-refractivity contribution in [2.75, 3.05) is 33.9 Å². The van der Waals surface area contributed by atoms with Crippen molar-refractivity contribution >= 4 is 11.6 Å². The third-order valence-corrected chi connectivity index (χ3v) is 7.87. The third-order valence-electron chi connectivity index (χ3n) is 7.87. The lowest BCUT2D eigenvalue weighted by Crippen LogP contribution is -2.42. The zero-order valence-corrected chi connectivity index (χ0v) is 22.6. The summed E-state index contributed by atoms with van der Waals surface area (Å²) in [6.45, 7) is 4.36. The fourth-order valence-electron chi connectivity index (χ4n) is 5.70. The van der Waals surface area contributed by atoms with E-state index >= 15 is 0 Å². The predicted molar refractivity (Wildman–Crippen MR) is 151 cm³/mol. The molecule has 5 rings (SSSR count). The number of hydrogen-bond donors (Lipinski definition) is 0. The average Bonchev–Trinajstić information content (AvgIpc) is 3.40. The van der Waals surface area contributed by atoms with Crippen molar-refractivity contribution in [2.45, 2.75) is 38.6 Å². The number of ether oxygens (including phenoxy) is 2.